The molecule has 0 unspecified atom stereocenters. The van der Waals surface area contributed by atoms with E-state index in [0.29, 0.717) is 16.9 Å². The SMILES string of the molecule is C=CC(=O)Oc1ccc(-c2ccc(-c3ccc(O/C=C\OC(=O)C(=C)C)cc3)cc2)cc1F. The minimum atomic E-state index is -0.718. The van der Waals surface area contributed by atoms with Gasteiger partial charge in [0.2, 0.25) is 0 Å². The van der Waals surface area contributed by atoms with Gasteiger partial charge in [0.25, 0.3) is 0 Å². The second-order valence-corrected chi connectivity index (χ2v) is 6.95. The van der Waals surface area contributed by atoms with E-state index in [-0.39, 0.29) is 5.75 Å². The van der Waals surface area contributed by atoms with Crippen LogP contribution in [0, 0.1) is 5.82 Å². The van der Waals surface area contributed by atoms with Gasteiger partial charge < -0.3 is 14.2 Å². The van der Waals surface area contributed by atoms with E-state index in [1.807, 2.05) is 36.4 Å². The van der Waals surface area contributed by atoms with Crippen molar-refractivity contribution in [1.29, 1.82) is 0 Å². The molecule has 0 aliphatic carbocycles. The van der Waals surface area contributed by atoms with Gasteiger partial charge >= 0.3 is 11.9 Å². The van der Waals surface area contributed by atoms with Gasteiger partial charge in [-0.05, 0) is 53.4 Å². The Hall–Kier alpha value is -4.45. The summed E-state index contributed by atoms with van der Waals surface area (Å²) in [5, 5.41) is 0. The van der Waals surface area contributed by atoms with Gasteiger partial charge in [0.15, 0.2) is 11.6 Å². The number of hydrogen-bond donors (Lipinski definition) is 0. The minimum Gasteiger partial charge on any atom is -0.462 e. The third-order valence-corrected chi connectivity index (χ3v) is 4.50. The highest BCUT2D eigenvalue weighted by Gasteiger charge is 2.09. The van der Waals surface area contributed by atoms with Crippen molar-refractivity contribution in [2.75, 3.05) is 0 Å². The third-order valence-electron chi connectivity index (χ3n) is 4.50. The average molecular weight is 444 g/mol. The zero-order chi connectivity index (χ0) is 23.8. The number of benzene rings is 3. The van der Waals surface area contributed by atoms with Crippen molar-refractivity contribution < 1.29 is 28.2 Å². The fourth-order valence-corrected chi connectivity index (χ4v) is 2.79. The second kappa shape index (κ2) is 10.7. The summed E-state index contributed by atoms with van der Waals surface area (Å²) in [4.78, 5) is 22.5. The zero-order valence-electron chi connectivity index (χ0n) is 17.9. The second-order valence-electron chi connectivity index (χ2n) is 6.95. The summed E-state index contributed by atoms with van der Waals surface area (Å²) in [7, 11) is 0. The van der Waals surface area contributed by atoms with E-state index >= 15 is 0 Å². The lowest BCUT2D eigenvalue weighted by Crippen LogP contribution is -2.04. The Morgan fingerprint density at radius 3 is 1.94 bits per heavy atom. The smallest absolute Gasteiger partial charge is 0.338 e. The Balaban J connectivity index is 1.65. The predicted octanol–water partition coefficient (Wildman–Crippen LogP) is 6.22. The maximum atomic E-state index is 14.2. The summed E-state index contributed by atoms with van der Waals surface area (Å²) in [5.74, 6) is -1.45. The lowest BCUT2D eigenvalue weighted by Gasteiger charge is -2.08. The molecule has 3 aromatic rings. The molecule has 3 aromatic carbocycles. The van der Waals surface area contributed by atoms with E-state index in [2.05, 4.69) is 13.2 Å². The van der Waals surface area contributed by atoms with E-state index in [1.54, 1.807) is 25.1 Å². The first-order chi connectivity index (χ1) is 15.9. The molecule has 0 amide bonds. The summed E-state index contributed by atoms with van der Waals surface area (Å²) in [6, 6.07) is 19.3. The lowest BCUT2D eigenvalue weighted by molar-refractivity contribution is -0.133. The summed E-state index contributed by atoms with van der Waals surface area (Å²) in [6.45, 7) is 8.33. The summed E-state index contributed by atoms with van der Waals surface area (Å²) in [5.41, 5.74) is 3.69. The molecule has 3 rings (SSSR count). The number of carbonyl (C=O) groups excluding carboxylic acids is 2. The molecule has 0 bridgehead atoms. The monoisotopic (exact) mass is 444 g/mol. The molecular weight excluding hydrogens is 423 g/mol. The molecule has 6 heteroatoms. The van der Waals surface area contributed by atoms with Gasteiger partial charge in [-0.25, -0.2) is 14.0 Å². The fraction of sp³-hybridized carbons (Fsp3) is 0.0370. The Labute approximate surface area is 191 Å². The third kappa shape index (κ3) is 6.27. The van der Waals surface area contributed by atoms with E-state index in [4.69, 9.17) is 14.2 Å². The van der Waals surface area contributed by atoms with Crippen LogP contribution in [-0.4, -0.2) is 11.9 Å². The van der Waals surface area contributed by atoms with Crippen LogP contribution in [0.4, 0.5) is 4.39 Å². The van der Waals surface area contributed by atoms with Crippen LogP contribution >= 0.6 is 0 Å². The highest BCUT2D eigenvalue weighted by atomic mass is 19.1. The van der Waals surface area contributed by atoms with Crippen molar-refractivity contribution in [1.82, 2.24) is 0 Å². The van der Waals surface area contributed by atoms with Crippen molar-refractivity contribution in [2.24, 2.45) is 0 Å². The summed E-state index contributed by atoms with van der Waals surface area (Å²) in [6.07, 6.45) is 3.40. The standard InChI is InChI=1S/C27H21FO5/c1-4-26(29)33-25-14-11-22(17-24(25)28)21-7-5-19(6-8-21)20-9-12-23(13-10-20)31-15-16-32-27(30)18(2)3/h4-17H,1-2H2,3H3/b16-15-. The van der Waals surface area contributed by atoms with Gasteiger partial charge in [0.1, 0.15) is 18.3 Å². The molecule has 0 saturated heterocycles. The molecule has 0 aromatic heterocycles. The van der Waals surface area contributed by atoms with Crippen LogP contribution in [0.1, 0.15) is 6.92 Å². The van der Waals surface area contributed by atoms with Crippen molar-refractivity contribution in [3.8, 4) is 33.8 Å². The van der Waals surface area contributed by atoms with Crippen LogP contribution in [0.2, 0.25) is 0 Å². The molecule has 0 heterocycles. The predicted molar refractivity (Wildman–Crippen MR) is 124 cm³/mol. The molecule has 0 saturated carbocycles. The quantitative estimate of drug-likeness (QED) is 0.179. The molecule has 0 atom stereocenters. The molecule has 0 N–H and O–H groups in total. The molecular formula is C27H21FO5. The van der Waals surface area contributed by atoms with Gasteiger partial charge in [-0.2, -0.15) is 0 Å². The highest BCUT2D eigenvalue weighted by Crippen LogP contribution is 2.29. The van der Waals surface area contributed by atoms with Crippen molar-refractivity contribution in [3.05, 3.63) is 110 Å². The number of carbonyl (C=O) groups is 2. The van der Waals surface area contributed by atoms with Gasteiger partial charge in [-0.3, -0.25) is 0 Å². The molecule has 0 fully saturated rings. The number of esters is 2. The Morgan fingerprint density at radius 2 is 1.39 bits per heavy atom. The number of hydrogen-bond acceptors (Lipinski definition) is 5. The molecule has 166 valence electrons. The van der Waals surface area contributed by atoms with Crippen LogP contribution < -0.4 is 9.47 Å². The van der Waals surface area contributed by atoms with Gasteiger partial charge in [-0.15, -0.1) is 0 Å². The minimum absolute atomic E-state index is 0.147. The van der Waals surface area contributed by atoms with Crippen LogP contribution in [0.25, 0.3) is 22.3 Å². The molecule has 0 aliphatic heterocycles. The Bertz CT molecular complexity index is 1210. The summed E-state index contributed by atoms with van der Waals surface area (Å²) < 4.78 is 29.3. The highest BCUT2D eigenvalue weighted by molar-refractivity contribution is 5.87. The van der Waals surface area contributed by atoms with Crippen molar-refractivity contribution >= 4 is 11.9 Å². The number of halogens is 1. The molecule has 0 radical (unpaired) electrons. The molecule has 0 aliphatic rings. The first kappa shape index (κ1) is 23.2. The number of ether oxygens (including phenoxy) is 3. The first-order valence-corrected chi connectivity index (χ1v) is 9.90. The molecule has 0 spiro atoms. The topological polar surface area (TPSA) is 61.8 Å². The Kier molecular flexibility index (Phi) is 7.55. The van der Waals surface area contributed by atoms with E-state index < -0.39 is 17.8 Å². The lowest BCUT2D eigenvalue weighted by atomic mass is 10.00. The normalized spacial score (nSPS) is 10.5. The Morgan fingerprint density at radius 1 is 0.848 bits per heavy atom. The average Bonchev–Trinajstić information content (AvgIpc) is 2.83. The largest absolute Gasteiger partial charge is 0.462 e. The first-order valence-electron chi connectivity index (χ1n) is 9.90. The van der Waals surface area contributed by atoms with Crippen LogP contribution in [-0.2, 0) is 14.3 Å². The zero-order valence-corrected chi connectivity index (χ0v) is 17.9. The van der Waals surface area contributed by atoms with E-state index in [0.717, 1.165) is 29.0 Å². The van der Waals surface area contributed by atoms with Crippen LogP contribution in [0.15, 0.2) is 104 Å². The van der Waals surface area contributed by atoms with Gasteiger partial charge in [0, 0.05) is 11.6 Å². The van der Waals surface area contributed by atoms with Crippen molar-refractivity contribution in [3.63, 3.8) is 0 Å². The van der Waals surface area contributed by atoms with E-state index in [9.17, 15) is 14.0 Å². The van der Waals surface area contributed by atoms with E-state index in [1.165, 1.54) is 18.4 Å². The van der Waals surface area contributed by atoms with Crippen molar-refractivity contribution in [2.45, 2.75) is 6.92 Å². The molecule has 33 heavy (non-hydrogen) atoms. The van der Waals surface area contributed by atoms with Crippen LogP contribution in [0.5, 0.6) is 11.5 Å². The molecule has 5 nitrogen and oxygen atoms in total. The fourth-order valence-electron chi connectivity index (χ4n) is 2.79. The maximum Gasteiger partial charge on any atom is 0.338 e. The summed E-state index contributed by atoms with van der Waals surface area (Å²) >= 11 is 0. The van der Waals surface area contributed by atoms with Gasteiger partial charge in [0.05, 0.1) is 0 Å². The maximum absolute atomic E-state index is 14.2. The van der Waals surface area contributed by atoms with Crippen LogP contribution in [0.3, 0.4) is 0 Å². The van der Waals surface area contributed by atoms with Gasteiger partial charge in [-0.1, -0.05) is 55.6 Å². The number of rotatable bonds is 8.